The van der Waals surface area contributed by atoms with Crippen molar-refractivity contribution in [3.05, 3.63) is 81.8 Å². The minimum Gasteiger partial charge on any atom is -0.466 e. The molecular weight excluding hydrogens is 506 g/mol. The molecule has 2 aromatic rings. The quantitative estimate of drug-likeness (QED) is 0.557. The lowest BCUT2D eigenvalue weighted by Crippen LogP contribution is -2.41. The number of nitrogens with zero attached hydrogens (tertiary/aromatic N) is 2. The lowest BCUT2D eigenvalue weighted by Gasteiger charge is -2.36. The van der Waals surface area contributed by atoms with Gasteiger partial charge in [-0.15, -0.1) is 0 Å². The fourth-order valence-electron chi connectivity index (χ4n) is 3.88. The van der Waals surface area contributed by atoms with Gasteiger partial charge in [0.2, 0.25) is 0 Å². The van der Waals surface area contributed by atoms with E-state index in [0.29, 0.717) is 5.56 Å². The van der Waals surface area contributed by atoms with Crippen molar-refractivity contribution in [3.63, 3.8) is 0 Å². The Morgan fingerprint density at radius 1 is 1.08 bits per heavy atom. The SMILES string of the molecule is COC(=O)C1=C(C(=O)OC)N(c2cc(S(=O)(=O)C(C)C)ccc2Cl)C(N)=C(C#N)C1c1ccccc1. The summed E-state index contributed by atoms with van der Waals surface area (Å²) in [5.41, 5.74) is 6.29. The number of rotatable bonds is 6. The maximum atomic E-state index is 13.1. The highest BCUT2D eigenvalue weighted by atomic mass is 35.5. The first-order valence-electron chi connectivity index (χ1n) is 10.7. The Morgan fingerprint density at radius 3 is 2.22 bits per heavy atom. The van der Waals surface area contributed by atoms with E-state index in [9.17, 15) is 23.3 Å². The van der Waals surface area contributed by atoms with Gasteiger partial charge in [0.15, 0.2) is 9.84 Å². The summed E-state index contributed by atoms with van der Waals surface area (Å²) in [6.07, 6.45) is 0. The van der Waals surface area contributed by atoms with Crippen molar-refractivity contribution in [2.24, 2.45) is 5.73 Å². The zero-order valence-electron chi connectivity index (χ0n) is 20.0. The van der Waals surface area contributed by atoms with Gasteiger partial charge in [0, 0.05) is 0 Å². The van der Waals surface area contributed by atoms with Crippen LogP contribution >= 0.6 is 11.6 Å². The van der Waals surface area contributed by atoms with Crippen LogP contribution in [0, 0.1) is 11.3 Å². The molecule has 0 fully saturated rings. The molecule has 0 radical (unpaired) electrons. The minimum absolute atomic E-state index is 0.0155. The molecule has 0 amide bonds. The number of nitrogens with two attached hydrogens (primary N) is 1. The normalized spacial score (nSPS) is 16.1. The standard InChI is InChI=1S/C25H24ClN3O6S/c1-14(2)36(32,33)16-10-11-18(26)19(12-16)29-22(25(31)35-4)21(24(30)34-3)20(17(13-27)23(29)28)15-8-6-5-7-9-15/h5-12,14,20H,28H2,1-4H3. The first-order valence-corrected chi connectivity index (χ1v) is 12.6. The highest BCUT2D eigenvalue weighted by Gasteiger charge is 2.43. The van der Waals surface area contributed by atoms with Crippen molar-refractivity contribution in [2.75, 3.05) is 19.1 Å². The predicted octanol–water partition coefficient (Wildman–Crippen LogP) is 3.42. The maximum Gasteiger partial charge on any atom is 0.355 e. The molecule has 11 heteroatoms. The van der Waals surface area contributed by atoms with Crippen LogP contribution in [0.1, 0.15) is 25.3 Å². The lowest BCUT2D eigenvalue weighted by molar-refractivity contribution is -0.139. The number of anilines is 1. The average molecular weight is 530 g/mol. The number of halogens is 1. The molecule has 1 unspecified atom stereocenters. The van der Waals surface area contributed by atoms with Crippen LogP contribution in [0.2, 0.25) is 5.02 Å². The smallest absolute Gasteiger partial charge is 0.355 e. The van der Waals surface area contributed by atoms with E-state index in [0.717, 1.165) is 19.1 Å². The number of allylic oxidation sites excluding steroid dienone is 1. The minimum atomic E-state index is -3.75. The highest BCUT2D eigenvalue weighted by Crippen LogP contribution is 2.45. The molecule has 1 heterocycles. The summed E-state index contributed by atoms with van der Waals surface area (Å²) in [4.78, 5) is 27.2. The molecule has 1 aliphatic rings. The van der Waals surface area contributed by atoms with Crippen molar-refractivity contribution in [1.29, 1.82) is 5.26 Å². The van der Waals surface area contributed by atoms with Gasteiger partial charge in [-0.25, -0.2) is 18.0 Å². The summed E-state index contributed by atoms with van der Waals surface area (Å²) in [5, 5.41) is 9.37. The summed E-state index contributed by atoms with van der Waals surface area (Å²) in [5.74, 6) is -3.16. The van der Waals surface area contributed by atoms with E-state index in [4.69, 9.17) is 26.8 Å². The highest BCUT2D eigenvalue weighted by molar-refractivity contribution is 7.92. The van der Waals surface area contributed by atoms with Crippen LogP contribution in [0.25, 0.3) is 0 Å². The van der Waals surface area contributed by atoms with Crippen molar-refractivity contribution < 1.29 is 27.5 Å². The summed E-state index contributed by atoms with van der Waals surface area (Å²) in [7, 11) is -1.51. The van der Waals surface area contributed by atoms with Crippen LogP contribution in [0.4, 0.5) is 5.69 Å². The monoisotopic (exact) mass is 529 g/mol. The van der Waals surface area contributed by atoms with Crippen LogP contribution in [0.5, 0.6) is 0 Å². The molecule has 0 spiro atoms. The molecule has 0 saturated carbocycles. The topological polar surface area (TPSA) is 140 Å². The number of sulfone groups is 1. The Hall–Kier alpha value is -3.81. The van der Waals surface area contributed by atoms with Crippen LogP contribution in [0.3, 0.4) is 0 Å². The van der Waals surface area contributed by atoms with Gasteiger partial charge < -0.3 is 15.2 Å². The second kappa shape index (κ2) is 10.4. The molecule has 0 aromatic heterocycles. The van der Waals surface area contributed by atoms with Crippen molar-refractivity contribution in [2.45, 2.75) is 29.9 Å². The first kappa shape index (κ1) is 26.8. The Labute approximate surface area is 214 Å². The third-order valence-electron chi connectivity index (χ3n) is 5.72. The Bertz CT molecular complexity index is 1430. The second-order valence-electron chi connectivity index (χ2n) is 8.04. The van der Waals surface area contributed by atoms with Gasteiger partial charge in [-0.05, 0) is 37.6 Å². The van der Waals surface area contributed by atoms with Crippen LogP contribution in [-0.2, 0) is 28.9 Å². The number of benzene rings is 2. The second-order valence-corrected chi connectivity index (χ2v) is 11.0. The number of esters is 2. The fraction of sp³-hybridized carbons (Fsp3) is 0.240. The number of methoxy groups -OCH3 is 2. The van der Waals surface area contributed by atoms with E-state index in [1.54, 1.807) is 30.3 Å². The number of carbonyl (C=O) groups excluding carboxylic acids is 2. The summed E-state index contributed by atoms with van der Waals surface area (Å²) in [6.45, 7) is 3.04. The van der Waals surface area contributed by atoms with E-state index < -0.39 is 32.9 Å². The zero-order valence-corrected chi connectivity index (χ0v) is 21.6. The van der Waals surface area contributed by atoms with E-state index in [1.807, 2.05) is 6.07 Å². The van der Waals surface area contributed by atoms with Crippen LogP contribution in [-0.4, -0.2) is 39.8 Å². The molecule has 1 aliphatic heterocycles. The predicted molar refractivity (Wildman–Crippen MR) is 133 cm³/mol. The number of ether oxygens (including phenoxy) is 2. The fourth-order valence-corrected chi connectivity index (χ4v) is 5.16. The Kier molecular flexibility index (Phi) is 7.77. The molecule has 1 atom stereocenters. The molecule has 0 aliphatic carbocycles. The average Bonchev–Trinajstić information content (AvgIpc) is 2.87. The lowest BCUT2D eigenvalue weighted by atomic mass is 9.81. The number of hydrogen-bond acceptors (Lipinski definition) is 9. The van der Waals surface area contributed by atoms with Gasteiger partial charge in [-0.2, -0.15) is 5.26 Å². The number of hydrogen-bond donors (Lipinski definition) is 1. The van der Waals surface area contributed by atoms with E-state index in [2.05, 4.69) is 0 Å². The third-order valence-corrected chi connectivity index (χ3v) is 8.19. The van der Waals surface area contributed by atoms with Crippen LogP contribution < -0.4 is 10.6 Å². The number of carbonyl (C=O) groups is 2. The van der Waals surface area contributed by atoms with E-state index in [-0.39, 0.29) is 38.3 Å². The molecule has 3 rings (SSSR count). The molecule has 188 valence electrons. The van der Waals surface area contributed by atoms with Gasteiger partial charge in [-0.3, -0.25) is 4.90 Å². The van der Waals surface area contributed by atoms with Gasteiger partial charge in [0.25, 0.3) is 0 Å². The molecule has 0 bridgehead atoms. The molecule has 36 heavy (non-hydrogen) atoms. The summed E-state index contributed by atoms with van der Waals surface area (Å²) >= 11 is 6.45. The van der Waals surface area contributed by atoms with Gasteiger partial charge in [0.1, 0.15) is 11.5 Å². The molecule has 2 N–H and O–H groups in total. The molecular formula is C25H24ClN3O6S. The Morgan fingerprint density at radius 2 is 1.69 bits per heavy atom. The van der Waals surface area contributed by atoms with Crippen molar-refractivity contribution >= 4 is 39.1 Å². The zero-order chi connectivity index (χ0) is 26.8. The van der Waals surface area contributed by atoms with Crippen molar-refractivity contribution in [3.8, 4) is 6.07 Å². The number of nitriles is 1. The van der Waals surface area contributed by atoms with E-state index in [1.165, 1.54) is 32.0 Å². The third kappa shape index (κ3) is 4.55. The molecule has 9 nitrogen and oxygen atoms in total. The largest absolute Gasteiger partial charge is 0.466 e. The van der Waals surface area contributed by atoms with Gasteiger partial charge >= 0.3 is 11.9 Å². The molecule has 2 aromatic carbocycles. The first-order chi connectivity index (χ1) is 17.0. The van der Waals surface area contributed by atoms with Gasteiger partial charge in [-0.1, -0.05) is 41.9 Å². The molecule has 0 saturated heterocycles. The Balaban J connectivity index is 2.47. The van der Waals surface area contributed by atoms with Crippen LogP contribution in [0.15, 0.2) is 76.1 Å². The maximum absolute atomic E-state index is 13.1. The van der Waals surface area contributed by atoms with Gasteiger partial charge in [0.05, 0.1) is 58.2 Å². The van der Waals surface area contributed by atoms with Crippen molar-refractivity contribution in [1.82, 2.24) is 0 Å². The summed E-state index contributed by atoms with van der Waals surface area (Å²) in [6, 6.07) is 14.4. The summed E-state index contributed by atoms with van der Waals surface area (Å²) < 4.78 is 35.7. The van der Waals surface area contributed by atoms with E-state index >= 15 is 0 Å².